The topological polar surface area (TPSA) is 63.2 Å². The Morgan fingerprint density at radius 3 is 2.17 bits per heavy atom. The van der Waals surface area contributed by atoms with Gasteiger partial charge in [-0.3, -0.25) is 4.79 Å². The summed E-state index contributed by atoms with van der Waals surface area (Å²) in [7, 11) is -3.70. The number of aryl methyl sites for hydroxylation is 1. The van der Waals surface area contributed by atoms with E-state index in [1.807, 2.05) is 13.0 Å². The molecule has 0 saturated carbocycles. The fourth-order valence-electron chi connectivity index (χ4n) is 1.97. The monoisotopic (exact) mass is 341 g/mol. The molecule has 0 spiro atoms. The van der Waals surface area contributed by atoms with Gasteiger partial charge in [-0.15, -0.1) is 0 Å². The van der Waals surface area contributed by atoms with Gasteiger partial charge in [0.15, 0.2) is 0 Å². The van der Waals surface area contributed by atoms with Gasteiger partial charge in [-0.1, -0.05) is 54.6 Å². The number of amides is 1. The van der Waals surface area contributed by atoms with E-state index in [2.05, 4.69) is 11.9 Å². The van der Waals surface area contributed by atoms with Crippen molar-refractivity contribution >= 4 is 21.4 Å². The summed E-state index contributed by atoms with van der Waals surface area (Å²) in [5.74, 6) is -0.427. The predicted octanol–water partition coefficient (Wildman–Crippen LogP) is 3.46. The smallest absolute Gasteiger partial charge is 0.250 e. The summed E-state index contributed by atoms with van der Waals surface area (Å²) < 4.78 is 25.3. The second kappa shape index (κ2) is 7.27. The zero-order valence-electron chi connectivity index (χ0n) is 13.6. The molecule has 0 aromatic heterocycles. The second-order valence-electron chi connectivity index (χ2n) is 5.49. The van der Waals surface area contributed by atoms with Crippen LogP contribution < -0.4 is 5.32 Å². The van der Waals surface area contributed by atoms with Crippen LogP contribution in [0.2, 0.25) is 0 Å². The van der Waals surface area contributed by atoms with E-state index in [4.69, 9.17) is 0 Å². The zero-order valence-corrected chi connectivity index (χ0v) is 14.4. The lowest BCUT2D eigenvalue weighted by Gasteiger charge is -2.11. The largest absolute Gasteiger partial charge is 0.321 e. The highest BCUT2D eigenvalue weighted by molar-refractivity contribution is 7.94. The van der Waals surface area contributed by atoms with Gasteiger partial charge < -0.3 is 5.32 Å². The number of hydrogen-bond donors (Lipinski definition) is 1. The van der Waals surface area contributed by atoms with Gasteiger partial charge in [-0.2, -0.15) is 0 Å². The van der Waals surface area contributed by atoms with Crippen molar-refractivity contribution in [2.24, 2.45) is 0 Å². The summed E-state index contributed by atoms with van der Waals surface area (Å²) in [5.41, 5.74) is 2.08. The Labute approximate surface area is 142 Å². The molecule has 2 rings (SSSR count). The molecule has 5 heteroatoms. The Bertz CT molecular complexity index is 880. The third-order valence-electron chi connectivity index (χ3n) is 3.34. The highest BCUT2D eigenvalue weighted by atomic mass is 32.2. The van der Waals surface area contributed by atoms with Gasteiger partial charge in [0.05, 0.1) is 16.0 Å². The van der Waals surface area contributed by atoms with E-state index >= 15 is 0 Å². The van der Waals surface area contributed by atoms with Crippen LogP contribution in [0.4, 0.5) is 0 Å². The quantitative estimate of drug-likeness (QED) is 0.847. The first kappa shape index (κ1) is 17.7. The average molecular weight is 341 g/mol. The molecule has 124 valence electrons. The molecular weight excluding hydrogens is 322 g/mol. The maximum Gasteiger partial charge on any atom is 0.250 e. The molecule has 0 radical (unpaired) electrons. The Morgan fingerprint density at radius 2 is 1.62 bits per heavy atom. The van der Waals surface area contributed by atoms with E-state index in [1.54, 1.807) is 55.5 Å². The summed E-state index contributed by atoms with van der Waals surface area (Å²) in [5, 5.41) is 3.69. The fraction of sp³-hybridized carbons (Fsp3) is 0.105. The molecule has 1 N–H and O–H groups in total. The van der Waals surface area contributed by atoms with Crippen LogP contribution in [-0.4, -0.2) is 14.3 Å². The predicted molar refractivity (Wildman–Crippen MR) is 95.7 cm³/mol. The number of carbonyl (C=O) groups is 1. The van der Waals surface area contributed by atoms with E-state index in [0.717, 1.165) is 11.0 Å². The van der Waals surface area contributed by atoms with Crippen LogP contribution >= 0.6 is 0 Å². The molecule has 24 heavy (non-hydrogen) atoms. The number of nitrogens with one attached hydrogen (secondary N) is 1. The van der Waals surface area contributed by atoms with E-state index in [1.165, 1.54) is 0 Å². The standard InChI is InChI=1S/C19H19NO3S/c1-14(2)19(21)20-18(16-7-5-4-6-8-16)13-24(22,23)17-11-9-15(3)10-12-17/h4-13H,1H2,2-3H3,(H,20,21). The number of benzene rings is 2. The minimum absolute atomic E-state index is 0.172. The lowest BCUT2D eigenvalue weighted by Crippen LogP contribution is -2.23. The van der Waals surface area contributed by atoms with Gasteiger partial charge in [0.25, 0.3) is 5.91 Å². The molecule has 0 aliphatic heterocycles. The maximum atomic E-state index is 12.6. The van der Waals surface area contributed by atoms with Crippen LogP contribution in [0.3, 0.4) is 0 Å². The number of rotatable bonds is 5. The first-order valence-corrected chi connectivity index (χ1v) is 8.90. The molecule has 2 aromatic rings. The molecule has 4 nitrogen and oxygen atoms in total. The Balaban J connectivity index is 2.49. The van der Waals surface area contributed by atoms with Crippen molar-refractivity contribution in [3.8, 4) is 0 Å². The highest BCUT2D eigenvalue weighted by Crippen LogP contribution is 2.19. The molecule has 0 fully saturated rings. The summed E-state index contributed by atoms with van der Waals surface area (Å²) in [6.07, 6.45) is 0. The van der Waals surface area contributed by atoms with Crippen LogP contribution in [-0.2, 0) is 14.6 Å². The molecule has 2 aromatic carbocycles. The van der Waals surface area contributed by atoms with Crippen molar-refractivity contribution < 1.29 is 13.2 Å². The van der Waals surface area contributed by atoms with E-state index in [0.29, 0.717) is 11.1 Å². The molecule has 0 aliphatic rings. The van der Waals surface area contributed by atoms with Crippen LogP contribution in [0, 0.1) is 6.92 Å². The van der Waals surface area contributed by atoms with Gasteiger partial charge in [0, 0.05) is 5.57 Å². The molecule has 0 bridgehead atoms. The summed E-state index contributed by atoms with van der Waals surface area (Å²) in [6.45, 7) is 7.02. The normalized spacial score (nSPS) is 11.8. The van der Waals surface area contributed by atoms with Gasteiger partial charge in [-0.05, 0) is 31.5 Å². The van der Waals surface area contributed by atoms with Crippen LogP contribution in [0.1, 0.15) is 18.1 Å². The van der Waals surface area contributed by atoms with Gasteiger partial charge in [-0.25, -0.2) is 8.42 Å². The average Bonchev–Trinajstić information content (AvgIpc) is 2.55. The zero-order chi connectivity index (χ0) is 17.7. The Kier molecular flexibility index (Phi) is 5.36. The van der Waals surface area contributed by atoms with Crippen LogP contribution in [0.5, 0.6) is 0 Å². The first-order valence-electron chi connectivity index (χ1n) is 7.35. The van der Waals surface area contributed by atoms with Crippen molar-refractivity contribution in [1.29, 1.82) is 0 Å². The van der Waals surface area contributed by atoms with Crippen LogP contribution in [0.25, 0.3) is 5.70 Å². The van der Waals surface area contributed by atoms with Gasteiger partial charge >= 0.3 is 0 Å². The lowest BCUT2D eigenvalue weighted by molar-refractivity contribution is -0.116. The fourth-order valence-corrected chi connectivity index (χ4v) is 3.12. The van der Waals surface area contributed by atoms with E-state index in [9.17, 15) is 13.2 Å². The second-order valence-corrected chi connectivity index (χ2v) is 7.29. The van der Waals surface area contributed by atoms with Gasteiger partial charge in [0.2, 0.25) is 9.84 Å². The molecule has 1 amide bonds. The van der Waals surface area contributed by atoms with Crippen molar-refractivity contribution in [2.45, 2.75) is 18.7 Å². The minimum atomic E-state index is -3.70. The number of sulfone groups is 1. The van der Waals surface area contributed by atoms with Crippen molar-refractivity contribution in [1.82, 2.24) is 5.32 Å². The van der Waals surface area contributed by atoms with E-state index < -0.39 is 15.7 Å². The maximum absolute atomic E-state index is 12.6. The lowest BCUT2D eigenvalue weighted by atomic mass is 10.1. The van der Waals surface area contributed by atoms with Gasteiger partial charge in [0.1, 0.15) is 0 Å². The highest BCUT2D eigenvalue weighted by Gasteiger charge is 2.15. The molecule has 0 heterocycles. The summed E-state index contributed by atoms with van der Waals surface area (Å²) in [6, 6.07) is 15.4. The van der Waals surface area contributed by atoms with Crippen molar-refractivity contribution in [3.05, 3.63) is 83.3 Å². The molecular formula is C19H19NO3S. The number of carbonyl (C=O) groups excluding carboxylic acids is 1. The third kappa shape index (κ3) is 4.43. The first-order chi connectivity index (χ1) is 11.3. The Morgan fingerprint density at radius 1 is 1.04 bits per heavy atom. The number of hydrogen-bond acceptors (Lipinski definition) is 3. The van der Waals surface area contributed by atoms with Crippen LogP contribution in [0.15, 0.2) is 77.1 Å². The molecule has 0 aliphatic carbocycles. The Hall–Kier alpha value is -2.66. The summed E-state index contributed by atoms with van der Waals surface area (Å²) >= 11 is 0. The minimum Gasteiger partial charge on any atom is -0.321 e. The third-order valence-corrected chi connectivity index (χ3v) is 4.82. The van der Waals surface area contributed by atoms with Crippen molar-refractivity contribution in [3.63, 3.8) is 0 Å². The molecule has 0 atom stereocenters. The van der Waals surface area contributed by atoms with Crippen molar-refractivity contribution in [2.75, 3.05) is 0 Å². The summed E-state index contributed by atoms with van der Waals surface area (Å²) in [4.78, 5) is 12.1. The SMILES string of the molecule is C=C(C)C(=O)NC(=CS(=O)(=O)c1ccc(C)cc1)c1ccccc1. The molecule has 0 saturated heterocycles. The van der Waals surface area contributed by atoms with E-state index in [-0.39, 0.29) is 10.6 Å². The molecule has 0 unspecified atom stereocenters.